The summed E-state index contributed by atoms with van der Waals surface area (Å²) in [5.74, 6) is 0.0913. The Balaban J connectivity index is 1.47. The van der Waals surface area contributed by atoms with Gasteiger partial charge in [0.2, 0.25) is 0 Å². The Morgan fingerprint density at radius 3 is 2.48 bits per heavy atom. The number of fused-ring (bicyclic) bond motifs is 1. The van der Waals surface area contributed by atoms with Gasteiger partial charge >= 0.3 is 6.03 Å². The van der Waals surface area contributed by atoms with Crippen LogP contribution in [0.4, 0.5) is 10.6 Å². The fourth-order valence-corrected chi connectivity index (χ4v) is 3.44. The summed E-state index contributed by atoms with van der Waals surface area (Å²) < 4.78 is 0. The number of carbonyl (C=O) groups is 1. The molecule has 0 atom stereocenters. The highest BCUT2D eigenvalue weighted by Gasteiger charge is 2.11. The lowest BCUT2D eigenvalue weighted by Gasteiger charge is -2.08. The van der Waals surface area contributed by atoms with Gasteiger partial charge < -0.3 is 10.4 Å². The third-order valence-corrected chi connectivity index (χ3v) is 5.08. The molecule has 0 radical (unpaired) electrons. The molecule has 0 bridgehead atoms. The standard InChI is InChI=1S/C22H17Cl2N5O2/c23-15-10-14(11-16(24)20(15)30)17-6-7-18-21(27-17)28-19(12-26-18)29-22(31)25-9-8-13-4-2-1-3-5-13/h1-7,10-12,30H,8-9H2,(H2,25,27,28,29,31). The van der Waals surface area contributed by atoms with Gasteiger partial charge in [-0.3, -0.25) is 5.32 Å². The van der Waals surface area contributed by atoms with Crippen LogP contribution in [0.5, 0.6) is 5.75 Å². The molecule has 2 aromatic heterocycles. The molecule has 7 nitrogen and oxygen atoms in total. The molecule has 2 heterocycles. The quantitative estimate of drug-likeness (QED) is 0.391. The summed E-state index contributed by atoms with van der Waals surface area (Å²) in [6, 6.07) is 16.1. The lowest BCUT2D eigenvalue weighted by molar-refractivity contribution is 0.252. The lowest BCUT2D eigenvalue weighted by atomic mass is 10.1. The van der Waals surface area contributed by atoms with E-state index in [0.717, 1.165) is 12.0 Å². The van der Waals surface area contributed by atoms with Gasteiger partial charge in [-0.15, -0.1) is 0 Å². The van der Waals surface area contributed by atoms with E-state index in [1.165, 1.54) is 6.20 Å². The minimum absolute atomic E-state index is 0.123. The molecule has 0 aliphatic rings. The first-order chi connectivity index (χ1) is 15.0. The van der Waals surface area contributed by atoms with Crippen LogP contribution in [-0.2, 0) is 6.42 Å². The van der Waals surface area contributed by atoms with E-state index >= 15 is 0 Å². The first-order valence-corrected chi connectivity index (χ1v) is 10.2. The second kappa shape index (κ2) is 9.16. The molecule has 156 valence electrons. The largest absolute Gasteiger partial charge is 0.505 e. The van der Waals surface area contributed by atoms with Crippen LogP contribution in [0, 0.1) is 0 Å². The number of hydrogen-bond acceptors (Lipinski definition) is 5. The third kappa shape index (κ3) is 5.02. The van der Waals surface area contributed by atoms with E-state index in [0.29, 0.717) is 29.0 Å². The predicted octanol–water partition coefficient (Wildman–Crippen LogP) is 5.07. The number of amides is 2. The van der Waals surface area contributed by atoms with Crippen molar-refractivity contribution < 1.29 is 9.90 Å². The summed E-state index contributed by atoms with van der Waals surface area (Å²) in [6.45, 7) is 0.488. The van der Waals surface area contributed by atoms with Crippen LogP contribution in [0.1, 0.15) is 5.56 Å². The molecular weight excluding hydrogens is 437 g/mol. The monoisotopic (exact) mass is 453 g/mol. The fourth-order valence-electron chi connectivity index (χ4n) is 2.96. The number of carbonyl (C=O) groups excluding carboxylic acids is 1. The van der Waals surface area contributed by atoms with E-state index < -0.39 is 0 Å². The summed E-state index contributed by atoms with van der Waals surface area (Å²) >= 11 is 12.0. The summed E-state index contributed by atoms with van der Waals surface area (Å²) in [4.78, 5) is 25.3. The number of anilines is 1. The molecule has 31 heavy (non-hydrogen) atoms. The zero-order valence-corrected chi connectivity index (χ0v) is 17.7. The van der Waals surface area contributed by atoms with Gasteiger partial charge in [-0.2, -0.15) is 0 Å². The van der Waals surface area contributed by atoms with Gasteiger partial charge in [-0.1, -0.05) is 53.5 Å². The molecular formula is C22H17Cl2N5O2. The summed E-state index contributed by atoms with van der Waals surface area (Å²) in [7, 11) is 0. The maximum Gasteiger partial charge on any atom is 0.320 e. The second-order valence-electron chi connectivity index (χ2n) is 6.70. The number of pyridine rings is 1. The molecule has 0 saturated carbocycles. The van der Waals surface area contributed by atoms with Gasteiger partial charge in [0.25, 0.3) is 0 Å². The number of phenols is 1. The highest BCUT2D eigenvalue weighted by molar-refractivity contribution is 6.37. The number of hydrogen-bond donors (Lipinski definition) is 3. The summed E-state index contributed by atoms with van der Waals surface area (Å²) in [5.41, 5.74) is 3.22. The molecule has 0 unspecified atom stereocenters. The minimum Gasteiger partial charge on any atom is -0.505 e. The van der Waals surface area contributed by atoms with E-state index in [2.05, 4.69) is 25.6 Å². The molecule has 0 fully saturated rings. The van der Waals surface area contributed by atoms with Crippen LogP contribution in [0.25, 0.3) is 22.4 Å². The van der Waals surface area contributed by atoms with Crippen LogP contribution in [0.2, 0.25) is 10.0 Å². The Hall–Kier alpha value is -3.42. The molecule has 4 aromatic rings. The minimum atomic E-state index is -0.377. The maximum atomic E-state index is 12.2. The van der Waals surface area contributed by atoms with Crippen molar-refractivity contribution in [2.75, 3.05) is 11.9 Å². The summed E-state index contributed by atoms with van der Waals surface area (Å²) in [5, 5.41) is 15.4. The number of rotatable bonds is 5. The zero-order valence-electron chi connectivity index (χ0n) is 16.1. The highest BCUT2D eigenvalue weighted by atomic mass is 35.5. The molecule has 0 aliphatic heterocycles. The molecule has 4 rings (SSSR count). The number of halogens is 2. The molecule has 0 spiro atoms. The zero-order chi connectivity index (χ0) is 21.8. The predicted molar refractivity (Wildman–Crippen MR) is 122 cm³/mol. The number of benzene rings is 2. The molecule has 2 aromatic carbocycles. The average molecular weight is 454 g/mol. The van der Waals surface area contributed by atoms with E-state index in [-0.39, 0.29) is 27.6 Å². The molecule has 9 heteroatoms. The Morgan fingerprint density at radius 1 is 1.00 bits per heavy atom. The van der Waals surface area contributed by atoms with Gasteiger partial charge in [0, 0.05) is 12.1 Å². The molecule has 0 aliphatic carbocycles. The SMILES string of the molecule is O=C(NCCc1ccccc1)Nc1cnc2ccc(-c3cc(Cl)c(O)c(Cl)c3)nc2n1. The highest BCUT2D eigenvalue weighted by Crippen LogP contribution is 2.36. The molecule has 2 amide bonds. The van der Waals surface area contributed by atoms with E-state index in [4.69, 9.17) is 23.2 Å². The van der Waals surface area contributed by atoms with Crippen molar-refractivity contribution in [1.29, 1.82) is 0 Å². The molecule has 0 saturated heterocycles. The van der Waals surface area contributed by atoms with Crippen LogP contribution < -0.4 is 10.6 Å². The van der Waals surface area contributed by atoms with Crippen molar-refractivity contribution >= 4 is 46.2 Å². The van der Waals surface area contributed by atoms with Gasteiger partial charge in [0.05, 0.1) is 21.9 Å². The first kappa shape index (κ1) is 20.8. The van der Waals surface area contributed by atoms with E-state index in [9.17, 15) is 9.90 Å². The number of nitrogens with one attached hydrogen (secondary N) is 2. The van der Waals surface area contributed by atoms with Gasteiger partial charge in [-0.05, 0) is 36.2 Å². The number of aromatic nitrogens is 3. The molecule has 3 N–H and O–H groups in total. The van der Waals surface area contributed by atoms with Crippen molar-refractivity contribution in [3.8, 4) is 17.0 Å². The van der Waals surface area contributed by atoms with Gasteiger partial charge in [-0.25, -0.2) is 19.7 Å². The fraction of sp³-hybridized carbons (Fsp3) is 0.0909. The van der Waals surface area contributed by atoms with E-state index in [1.54, 1.807) is 24.3 Å². The Kier molecular flexibility index (Phi) is 6.16. The Bertz CT molecular complexity index is 1230. The Labute approximate surface area is 188 Å². The first-order valence-electron chi connectivity index (χ1n) is 9.40. The number of aromatic hydroxyl groups is 1. The van der Waals surface area contributed by atoms with Crippen molar-refractivity contribution in [3.05, 3.63) is 76.4 Å². The van der Waals surface area contributed by atoms with Crippen molar-refractivity contribution in [2.24, 2.45) is 0 Å². The van der Waals surface area contributed by atoms with Crippen LogP contribution in [0.15, 0.2) is 60.8 Å². The van der Waals surface area contributed by atoms with Crippen molar-refractivity contribution in [1.82, 2.24) is 20.3 Å². The average Bonchev–Trinajstić information content (AvgIpc) is 2.77. The second-order valence-corrected chi connectivity index (χ2v) is 7.51. The van der Waals surface area contributed by atoms with Crippen LogP contribution in [-0.4, -0.2) is 32.6 Å². The smallest absolute Gasteiger partial charge is 0.320 e. The van der Waals surface area contributed by atoms with Crippen LogP contribution in [0.3, 0.4) is 0 Å². The van der Waals surface area contributed by atoms with Crippen LogP contribution >= 0.6 is 23.2 Å². The normalized spacial score (nSPS) is 10.8. The number of phenolic OH excluding ortho intramolecular Hbond substituents is 1. The van der Waals surface area contributed by atoms with Crippen molar-refractivity contribution in [2.45, 2.75) is 6.42 Å². The number of nitrogens with zero attached hydrogens (tertiary/aromatic N) is 3. The maximum absolute atomic E-state index is 12.2. The van der Waals surface area contributed by atoms with Gasteiger partial charge in [0.1, 0.15) is 5.52 Å². The third-order valence-electron chi connectivity index (χ3n) is 4.50. The topological polar surface area (TPSA) is 100 Å². The lowest BCUT2D eigenvalue weighted by Crippen LogP contribution is -2.30. The van der Waals surface area contributed by atoms with E-state index in [1.807, 2.05) is 30.3 Å². The Morgan fingerprint density at radius 2 is 1.74 bits per heavy atom. The number of urea groups is 1. The van der Waals surface area contributed by atoms with Gasteiger partial charge in [0.15, 0.2) is 17.2 Å². The summed E-state index contributed by atoms with van der Waals surface area (Å²) in [6.07, 6.45) is 2.19. The van der Waals surface area contributed by atoms with Crippen molar-refractivity contribution in [3.63, 3.8) is 0 Å².